The highest BCUT2D eigenvalue weighted by Crippen LogP contribution is 2.43. The second-order valence-corrected chi connectivity index (χ2v) is 4.83. The van der Waals surface area contributed by atoms with Crippen molar-refractivity contribution in [3.63, 3.8) is 0 Å². The van der Waals surface area contributed by atoms with Crippen LogP contribution in [0.1, 0.15) is 6.92 Å². The summed E-state index contributed by atoms with van der Waals surface area (Å²) in [4.78, 5) is 11.0. The third kappa shape index (κ3) is 5.71. The first-order chi connectivity index (χ1) is 8.63. The summed E-state index contributed by atoms with van der Waals surface area (Å²) in [6.45, 7) is 6.03. The zero-order valence-electron chi connectivity index (χ0n) is 10.2. The summed E-state index contributed by atoms with van der Waals surface area (Å²) in [6, 6.07) is -0.547. The Morgan fingerprint density at radius 3 is 2.83 bits per heavy atom. The first kappa shape index (κ1) is 15.3. The van der Waals surface area contributed by atoms with Gasteiger partial charge in [-0.05, 0) is 0 Å². The lowest BCUT2D eigenvalue weighted by Gasteiger charge is -2.21. The Hall–Kier alpha value is -0.780. The quantitative estimate of drug-likeness (QED) is 0.533. The Labute approximate surface area is 108 Å². The van der Waals surface area contributed by atoms with E-state index in [0.29, 0.717) is 13.2 Å². The average molecular weight is 275 g/mol. The zero-order chi connectivity index (χ0) is 13.4. The molecule has 0 aliphatic carbocycles. The molecule has 7 heteroatoms. The molecule has 2 atom stereocenters. The molecule has 0 unspecified atom stereocenters. The van der Waals surface area contributed by atoms with Crippen LogP contribution in [0.5, 0.6) is 0 Å². The number of rotatable bonds is 7. The van der Waals surface area contributed by atoms with Crippen molar-refractivity contribution in [2.45, 2.75) is 19.1 Å². The van der Waals surface area contributed by atoms with Gasteiger partial charge in [0.25, 0.3) is 0 Å². The SMILES string of the molecule is C=C/C=C/[C@@H](O)[C@H](COP1OCCO1)NC(C)=O. The Kier molecular flexibility index (Phi) is 7.08. The van der Waals surface area contributed by atoms with Gasteiger partial charge in [0.15, 0.2) is 0 Å². The summed E-state index contributed by atoms with van der Waals surface area (Å²) in [6.07, 6.45) is 3.82. The second-order valence-electron chi connectivity index (χ2n) is 3.60. The van der Waals surface area contributed by atoms with Crippen LogP contribution in [0.3, 0.4) is 0 Å². The number of hydrogen-bond acceptors (Lipinski definition) is 5. The van der Waals surface area contributed by atoms with Crippen molar-refractivity contribution in [2.24, 2.45) is 0 Å². The van der Waals surface area contributed by atoms with Crippen LogP contribution in [0.2, 0.25) is 0 Å². The van der Waals surface area contributed by atoms with Gasteiger partial charge in [-0.3, -0.25) is 4.79 Å². The molecule has 0 radical (unpaired) electrons. The lowest BCUT2D eigenvalue weighted by Crippen LogP contribution is -2.44. The maximum absolute atomic E-state index is 11.0. The van der Waals surface area contributed by atoms with Gasteiger partial charge >= 0.3 is 8.60 Å². The number of aliphatic hydroxyl groups is 1. The topological polar surface area (TPSA) is 77.0 Å². The van der Waals surface area contributed by atoms with E-state index < -0.39 is 20.7 Å². The number of nitrogens with one attached hydrogen (secondary N) is 1. The van der Waals surface area contributed by atoms with E-state index in [1.165, 1.54) is 13.0 Å². The first-order valence-electron chi connectivity index (χ1n) is 5.56. The first-order valence-corrected chi connectivity index (χ1v) is 6.66. The average Bonchev–Trinajstić information content (AvgIpc) is 2.84. The van der Waals surface area contributed by atoms with Crippen molar-refractivity contribution in [1.82, 2.24) is 5.32 Å². The highest BCUT2D eigenvalue weighted by molar-refractivity contribution is 7.41. The Balaban J connectivity index is 2.45. The molecule has 1 aliphatic heterocycles. The summed E-state index contributed by atoms with van der Waals surface area (Å²) in [7, 11) is -1.35. The Morgan fingerprint density at radius 1 is 1.61 bits per heavy atom. The van der Waals surface area contributed by atoms with Crippen molar-refractivity contribution < 1.29 is 23.5 Å². The van der Waals surface area contributed by atoms with Gasteiger partial charge in [-0.25, -0.2) is 0 Å². The number of carbonyl (C=O) groups is 1. The number of carbonyl (C=O) groups excluding carboxylic acids is 1. The molecule has 0 aromatic rings. The van der Waals surface area contributed by atoms with Crippen LogP contribution in [-0.4, -0.2) is 43.0 Å². The highest BCUT2D eigenvalue weighted by Gasteiger charge is 2.24. The minimum absolute atomic E-state index is 0.119. The van der Waals surface area contributed by atoms with Gasteiger partial charge in [-0.15, -0.1) is 0 Å². The lowest BCUT2D eigenvalue weighted by atomic mass is 10.1. The van der Waals surface area contributed by atoms with E-state index in [9.17, 15) is 9.90 Å². The number of aliphatic hydroxyl groups excluding tert-OH is 1. The van der Waals surface area contributed by atoms with E-state index in [1.807, 2.05) is 0 Å². The Morgan fingerprint density at radius 2 is 2.28 bits per heavy atom. The molecule has 1 amide bonds. The van der Waals surface area contributed by atoms with Gasteiger partial charge in [0.1, 0.15) is 0 Å². The Bertz CT molecular complexity index is 304. The molecule has 102 valence electrons. The summed E-state index contributed by atoms with van der Waals surface area (Å²) in [5, 5.41) is 12.5. The molecule has 2 N–H and O–H groups in total. The molecule has 1 aliphatic rings. The maximum Gasteiger partial charge on any atom is 0.332 e. The number of allylic oxidation sites excluding steroid dienone is 2. The molecule has 0 saturated carbocycles. The van der Waals surface area contributed by atoms with Crippen LogP contribution in [-0.2, 0) is 18.4 Å². The van der Waals surface area contributed by atoms with Crippen LogP contribution >= 0.6 is 8.60 Å². The van der Waals surface area contributed by atoms with Crippen LogP contribution < -0.4 is 5.32 Å². The van der Waals surface area contributed by atoms with Crippen molar-refractivity contribution in [1.29, 1.82) is 0 Å². The van der Waals surface area contributed by atoms with Gasteiger partial charge in [-0.1, -0.05) is 24.8 Å². The van der Waals surface area contributed by atoms with Crippen molar-refractivity contribution in [3.05, 3.63) is 24.8 Å². The van der Waals surface area contributed by atoms with Crippen LogP contribution in [0.4, 0.5) is 0 Å². The molecule has 0 aromatic heterocycles. The van der Waals surface area contributed by atoms with Crippen LogP contribution in [0.25, 0.3) is 0 Å². The molecular weight excluding hydrogens is 257 g/mol. The molecule has 1 saturated heterocycles. The van der Waals surface area contributed by atoms with Crippen molar-refractivity contribution >= 4 is 14.5 Å². The van der Waals surface area contributed by atoms with Crippen LogP contribution in [0, 0.1) is 0 Å². The summed E-state index contributed by atoms with van der Waals surface area (Å²) in [5.74, 6) is -0.240. The lowest BCUT2D eigenvalue weighted by molar-refractivity contribution is -0.120. The fourth-order valence-corrected chi connectivity index (χ4v) is 2.24. The minimum atomic E-state index is -1.35. The predicted octanol–water partition coefficient (Wildman–Crippen LogP) is 0.884. The number of amides is 1. The van der Waals surface area contributed by atoms with E-state index in [2.05, 4.69) is 11.9 Å². The standard InChI is InChI=1S/C11H18NO5P/c1-3-4-5-11(14)10(12-9(2)13)8-17-18-15-6-7-16-18/h3-5,10-11,14H,1,6-8H2,2H3,(H,12,13)/b5-4+/t10-,11+/m0/s1. The molecule has 0 bridgehead atoms. The van der Waals surface area contributed by atoms with E-state index in [4.69, 9.17) is 13.6 Å². The number of hydrogen-bond donors (Lipinski definition) is 2. The molecule has 6 nitrogen and oxygen atoms in total. The highest BCUT2D eigenvalue weighted by atomic mass is 31.2. The molecule has 1 rings (SSSR count). The normalized spacial score (nSPS) is 19.9. The molecule has 18 heavy (non-hydrogen) atoms. The van der Waals surface area contributed by atoms with E-state index in [1.54, 1.807) is 12.2 Å². The van der Waals surface area contributed by atoms with E-state index >= 15 is 0 Å². The fraction of sp³-hybridized carbons (Fsp3) is 0.545. The van der Waals surface area contributed by atoms with E-state index in [0.717, 1.165) is 0 Å². The van der Waals surface area contributed by atoms with Crippen LogP contribution in [0.15, 0.2) is 24.8 Å². The predicted molar refractivity (Wildman–Crippen MR) is 67.7 cm³/mol. The van der Waals surface area contributed by atoms with Crippen molar-refractivity contribution in [3.8, 4) is 0 Å². The maximum atomic E-state index is 11.0. The fourth-order valence-electron chi connectivity index (χ4n) is 1.29. The zero-order valence-corrected chi connectivity index (χ0v) is 11.1. The van der Waals surface area contributed by atoms with Crippen molar-refractivity contribution in [2.75, 3.05) is 19.8 Å². The van der Waals surface area contributed by atoms with Gasteiger partial charge in [0.05, 0.1) is 32.0 Å². The molecular formula is C11H18NO5P. The van der Waals surface area contributed by atoms with E-state index in [-0.39, 0.29) is 12.5 Å². The summed E-state index contributed by atoms with van der Waals surface area (Å²) < 4.78 is 15.7. The molecule has 1 heterocycles. The third-order valence-electron chi connectivity index (χ3n) is 2.08. The molecule has 0 aromatic carbocycles. The minimum Gasteiger partial charge on any atom is -0.387 e. The molecule has 0 spiro atoms. The largest absolute Gasteiger partial charge is 0.387 e. The third-order valence-corrected chi connectivity index (χ3v) is 3.23. The summed E-state index contributed by atoms with van der Waals surface area (Å²) in [5.41, 5.74) is 0. The van der Waals surface area contributed by atoms with Gasteiger partial charge in [0.2, 0.25) is 5.91 Å². The second kappa shape index (κ2) is 8.34. The monoisotopic (exact) mass is 275 g/mol. The van der Waals surface area contributed by atoms with Gasteiger partial charge in [0, 0.05) is 6.92 Å². The summed E-state index contributed by atoms with van der Waals surface area (Å²) >= 11 is 0. The van der Waals surface area contributed by atoms with Gasteiger partial charge in [-0.2, -0.15) is 0 Å². The van der Waals surface area contributed by atoms with Gasteiger partial charge < -0.3 is 24.0 Å². The smallest absolute Gasteiger partial charge is 0.332 e. The molecule has 1 fully saturated rings.